The van der Waals surface area contributed by atoms with E-state index < -0.39 is 10.0 Å². The molecule has 0 saturated carbocycles. The average molecular weight is 192 g/mol. The van der Waals surface area contributed by atoms with Crippen molar-refractivity contribution in [1.82, 2.24) is 0 Å². The third kappa shape index (κ3) is 2.00. The highest BCUT2D eigenvalue weighted by molar-refractivity contribution is 7.91. The van der Waals surface area contributed by atoms with E-state index in [1.54, 1.807) is 5.38 Å². The fraction of sp³-hybridized carbons (Fsp3) is 0.200. The molecule has 11 heavy (non-hydrogen) atoms. The Morgan fingerprint density at radius 2 is 2.18 bits per heavy atom. The summed E-state index contributed by atoms with van der Waals surface area (Å²) in [6, 6.07) is 1.49. The van der Waals surface area contributed by atoms with Crippen molar-refractivity contribution in [1.29, 1.82) is 0 Å². The summed E-state index contributed by atoms with van der Waals surface area (Å²) in [5, 5.41) is 6.55. The summed E-state index contributed by atoms with van der Waals surface area (Å²) in [5.41, 5.74) is 6.07. The predicted octanol–water partition coefficient (Wildman–Crippen LogP) is -0.146. The highest BCUT2D eigenvalue weighted by Crippen LogP contribution is 2.17. The van der Waals surface area contributed by atoms with Gasteiger partial charge >= 0.3 is 0 Å². The fourth-order valence-electron chi connectivity index (χ4n) is 0.609. The molecule has 62 valence electrons. The lowest BCUT2D eigenvalue weighted by atomic mass is 10.4. The van der Waals surface area contributed by atoms with Gasteiger partial charge in [-0.15, -0.1) is 11.3 Å². The minimum atomic E-state index is -3.53. The van der Waals surface area contributed by atoms with Crippen LogP contribution in [0.1, 0.15) is 5.56 Å². The lowest BCUT2D eigenvalue weighted by molar-refractivity contribution is 0.599. The van der Waals surface area contributed by atoms with Crippen molar-refractivity contribution in [2.45, 2.75) is 10.8 Å². The zero-order chi connectivity index (χ0) is 8.48. The zero-order valence-electron chi connectivity index (χ0n) is 5.65. The highest BCUT2D eigenvalue weighted by atomic mass is 32.2. The Kier molecular flexibility index (Phi) is 2.28. The van der Waals surface area contributed by atoms with Crippen LogP contribution in [-0.4, -0.2) is 8.42 Å². The Bertz CT molecular complexity index is 341. The van der Waals surface area contributed by atoms with E-state index in [0.717, 1.165) is 16.9 Å². The minimum absolute atomic E-state index is 0.165. The number of sulfonamides is 1. The molecule has 0 fully saturated rings. The summed E-state index contributed by atoms with van der Waals surface area (Å²) in [7, 11) is -3.53. The maximum Gasteiger partial charge on any atom is 0.247 e. The quantitative estimate of drug-likeness (QED) is 0.683. The molecule has 0 spiro atoms. The Balaban J connectivity index is 3.09. The van der Waals surface area contributed by atoms with Gasteiger partial charge in [-0.1, -0.05) is 0 Å². The van der Waals surface area contributed by atoms with E-state index in [9.17, 15) is 8.42 Å². The molecular weight excluding hydrogens is 184 g/mol. The van der Waals surface area contributed by atoms with Gasteiger partial charge in [0.05, 0.1) is 0 Å². The second-order valence-corrected chi connectivity index (χ2v) is 4.72. The van der Waals surface area contributed by atoms with Crippen molar-refractivity contribution in [3.8, 4) is 0 Å². The van der Waals surface area contributed by atoms with Gasteiger partial charge in [0.2, 0.25) is 10.0 Å². The van der Waals surface area contributed by atoms with Crippen LogP contribution in [0.3, 0.4) is 0 Å². The van der Waals surface area contributed by atoms with Crippen LogP contribution in [0.15, 0.2) is 15.7 Å². The van der Waals surface area contributed by atoms with Gasteiger partial charge in [0, 0.05) is 6.54 Å². The molecular formula is C5H8N2O2S2. The molecule has 0 aliphatic heterocycles. The van der Waals surface area contributed by atoms with E-state index in [1.165, 1.54) is 6.07 Å². The second kappa shape index (κ2) is 2.90. The molecule has 1 aromatic heterocycles. The Hall–Kier alpha value is -0.430. The van der Waals surface area contributed by atoms with Crippen LogP contribution < -0.4 is 10.9 Å². The van der Waals surface area contributed by atoms with Crippen LogP contribution in [0.5, 0.6) is 0 Å². The Labute approximate surface area is 68.9 Å². The lowest BCUT2D eigenvalue weighted by Crippen LogP contribution is -2.10. The first-order chi connectivity index (χ1) is 5.04. The molecule has 0 atom stereocenters. The Morgan fingerprint density at radius 1 is 1.55 bits per heavy atom. The van der Waals surface area contributed by atoms with E-state index in [0.29, 0.717) is 6.54 Å². The summed E-state index contributed by atoms with van der Waals surface area (Å²) in [6.07, 6.45) is 0. The van der Waals surface area contributed by atoms with Gasteiger partial charge in [-0.05, 0) is 17.0 Å². The number of hydrogen-bond acceptors (Lipinski definition) is 4. The largest absolute Gasteiger partial charge is 0.326 e. The average Bonchev–Trinajstić information content (AvgIpc) is 2.32. The van der Waals surface area contributed by atoms with Crippen LogP contribution in [0, 0.1) is 0 Å². The molecule has 1 rings (SSSR count). The van der Waals surface area contributed by atoms with Crippen molar-refractivity contribution in [3.63, 3.8) is 0 Å². The van der Waals surface area contributed by atoms with Gasteiger partial charge in [0.1, 0.15) is 4.21 Å². The molecule has 0 aromatic carbocycles. The predicted molar refractivity (Wildman–Crippen MR) is 43.6 cm³/mol. The summed E-state index contributed by atoms with van der Waals surface area (Å²) in [4.78, 5) is 0. The van der Waals surface area contributed by atoms with Gasteiger partial charge in [0.15, 0.2) is 0 Å². The lowest BCUT2D eigenvalue weighted by Gasteiger charge is -1.88. The number of primary sulfonamides is 1. The fourth-order valence-corrected chi connectivity index (χ4v) is 2.26. The van der Waals surface area contributed by atoms with E-state index in [-0.39, 0.29) is 4.21 Å². The number of rotatable bonds is 2. The summed E-state index contributed by atoms with van der Waals surface area (Å²) < 4.78 is 21.6. The maximum absolute atomic E-state index is 10.7. The maximum atomic E-state index is 10.7. The molecule has 1 aromatic rings. The molecule has 4 nitrogen and oxygen atoms in total. The zero-order valence-corrected chi connectivity index (χ0v) is 7.28. The van der Waals surface area contributed by atoms with Gasteiger partial charge in [-0.2, -0.15) is 0 Å². The summed E-state index contributed by atoms with van der Waals surface area (Å²) in [5.74, 6) is 0. The molecule has 6 heteroatoms. The van der Waals surface area contributed by atoms with Crippen LogP contribution >= 0.6 is 11.3 Å². The van der Waals surface area contributed by atoms with Gasteiger partial charge in [-0.25, -0.2) is 13.6 Å². The number of thiophene rings is 1. The molecule has 0 radical (unpaired) electrons. The Morgan fingerprint density at radius 3 is 2.45 bits per heavy atom. The SMILES string of the molecule is NCc1csc(S(N)(=O)=O)c1. The molecule has 0 aliphatic rings. The van der Waals surface area contributed by atoms with Gasteiger partial charge in [-0.3, -0.25) is 0 Å². The molecule has 0 saturated heterocycles. The van der Waals surface area contributed by atoms with Crippen LogP contribution in [-0.2, 0) is 16.6 Å². The van der Waals surface area contributed by atoms with Gasteiger partial charge in [0.25, 0.3) is 0 Å². The third-order valence-corrected chi connectivity index (χ3v) is 3.58. The van der Waals surface area contributed by atoms with Crippen LogP contribution in [0.4, 0.5) is 0 Å². The standard InChI is InChI=1S/C5H8N2O2S2/c6-2-4-1-5(10-3-4)11(7,8)9/h1,3H,2,6H2,(H2,7,8,9). The van der Waals surface area contributed by atoms with Gasteiger partial charge < -0.3 is 5.73 Å². The van der Waals surface area contributed by atoms with Crippen LogP contribution in [0.2, 0.25) is 0 Å². The highest BCUT2D eigenvalue weighted by Gasteiger charge is 2.09. The second-order valence-electron chi connectivity index (χ2n) is 2.02. The van der Waals surface area contributed by atoms with Crippen molar-refractivity contribution in [3.05, 3.63) is 17.0 Å². The number of hydrogen-bond donors (Lipinski definition) is 2. The van der Waals surface area contributed by atoms with Crippen molar-refractivity contribution in [2.24, 2.45) is 10.9 Å². The number of nitrogens with two attached hydrogens (primary N) is 2. The van der Waals surface area contributed by atoms with E-state index in [2.05, 4.69) is 0 Å². The van der Waals surface area contributed by atoms with E-state index >= 15 is 0 Å². The smallest absolute Gasteiger partial charge is 0.247 e. The van der Waals surface area contributed by atoms with Crippen molar-refractivity contribution < 1.29 is 8.42 Å². The minimum Gasteiger partial charge on any atom is -0.326 e. The summed E-state index contributed by atoms with van der Waals surface area (Å²) in [6.45, 7) is 0.339. The van der Waals surface area contributed by atoms with E-state index in [1.807, 2.05) is 0 Å². The van der Waals surface area contributed by atoms with Crippen molar-refractivity contribution in [2.75, 3.05) is 0 Å². The topological polar surface area (TPSA) is 86.2 Å². The van der Waals surface area contributed by atoms with Crippen LogP contribution in [0.25, 0.3) is 0 Å². The normalized spacial score (nSPS) is 11.8. The molecule has 0 bridgehead atoms. The third-order valence-electron chi connectivity index (χ3n) is 1.15. The molecule has 1 heterocycles. The molecule has 0 amide bonds. The van der Waals surface area contributed by atoms with E-state index in [4.69, 9.17) is 10.9 Å². The first-order valence-electron chi connectivity index (χ1n) is 2.84. The molecule has 0 unspecified atom stereocenters. The molecule has 4 N–H and O–H groups in total. The summed E-state index contributed by atoms with van der Waals surface area (Å²) >= 11 is 1.09. The van der Waals surface area contributed by atoms with Crippen molar-refractivity contribution >= 4 is 21.4 Å². The first-order valence-corrected chi connectivity index (χ1v) is 5.27. The first kappa shape index (κ1) is 8.66. The monoisotopic (exact) mass is 192 g/mol. The molecule has 0 aliphatic carbocycles.